The molecule has 0 atom stereocenters. The molecule has 32 heavy (non-hydrogen) atoms. The number of hydrogen-bond donors (Lipinski definition) is 1. The van der Waals surface area contributed by atoms with Gasteiger partial charge in [-0.05, 0) is 72.8 Å². The smallest absolute Gasteiger partial charge is 0.277 e. The van der Waals surface area contributed by atoms with Gasteiger partial charge in [-0.3, -0.25) is 4.79 Å². The summed E-state index contributed by atoms with van der Waals surface area (Å²) in [5, 5.41) is 6.93. The molecule has 0 aliphatic rings. The average Bonchev–Trinajstić information content (AvgIpc) is 3.30. The number of carbonyl (C=O) groups excluding carboxylic acids is 1. The van der Waals surface area contributed by atoms with Gasteiger partial charge in [-0.15, -0.1) is 0 Å². The van der Waals surface area contributed by atoms with Gasteiger partial charge in [0.15, 0.2) is 11.5 Å². The third-order valence-corrected chi connectivity index (χ3v) is 6.70. The lowest BCUT2D eigenvalue weighted by molar-refractivity contribution is 0.101. The van der Waals surface area contributed by atoms with Crippen LogP contribution < -0.4 is 10.1 Å². The summed E-state index contributed by atoms with van der Waals surface area (Å²) in [7, 11) is -2.12. The minimum Gasteiger partial charge on any atom is -0.497 e. The zero-order valence-corrected chi connectivity index (χ0v) is 18.4. The normalized spacial score (nSPS) is 11.2. The van der Waals surface area contributed by atoms with Crippen LogP contribution >= 0.6 is 11.6 Å². The van der Waals surface area contributed by atoms with Crippen LogP contribution in [-0.4, -0.2) is 26.6 Å². The van der Waals surface area contributed by atoms with Gasteiger partial charge in [0.2, 0.25) is 9.84 Å². The molecule has 0 saturated heterocycles. The highest BCUT2D eigenvalue weighted by atomic mass is 35.5. The average molecular weight is 469 g/mol. The van der Waals surface area contributed by atoms with Gasteiger partial charge in [-0.25, -0.2) is 8.42 Å². The van der Waals surface area contributed by atoms with Crippen LogP contribution in [0.4, 0.5) is 5.69 Å². The first kappa shape index (κ1) is 21.6. The Morgan fingerprint density at radius 3 is 2.12 bits per heavy atom. The van der Waals surface area contributed by atoms with Crippen molar-refractivity contribution in [1.82, 2.24) is 5.16 Å². The molecule has 3 aromatic carbocycles. The summed E-state index contributed by atoms with van der Waals surface area (Å²) in [6.07, 6.45) is 0. The summed E-state index contributed by atoms with van der Waals surface area (Å²) in [6.45, 7) is 0. The SMILES string of the molecule is COc1ccc(-c2cc(C(=O)Nc3ccc(S(=O)(=O)c4ccc(Cl)cc4)cc3)no2)cc1. The highest BCUT2D eigenvalue weighted by Gasteiger charge is 2.18. The van der Waals surface area contributed by atoms with Crippen LogP contribution in [0.2, 0.25) is 5.02 Å². The van der Waals surface area contributed by atoms with Gasteiger partial charge < -0.3 is 14.6 Å². The van der Waals surface area contributed by atoms with E-state index in [1.54, 1.807) is 31.4 Å². The number of sulfone groups is 1. The van der Waals surface area contributed by atoms with E-state index in [0.717, 1.165) is 5.56 Å². The summed E-state index contributed by atoms with van der Waals surface area (Å²) < 4.78 is 35.8. The minimum absolute atomic E-state index is 0.0914. The monoisotopic (exact) mass is 468 g/mol. The molecule has 9 heteroatoms. The Bertz CT molecular complexity index is 1350. The lowest BCUT2D eigenvalue weighted by Gasteiger charge is -2.07. The predicted octanol–water partition coefficient (Wildman–Crippen LogP) is 5.09. The molecule has 0 unspecified atom stereocenters. The topological polar surface area (TPSA) is 98.5 Å². The molecule has 0 aliphatic heterocycles. The fourth-order valence-electron chi connectivity index (χ4n) is 2.94. The molecule has 1 heterocycles. The number of rotatable bonds is 6. The molecule has 0 fully saturated rings. The van der Waals surface area contributed by atoms with E-state index in [1.165, 1.54) is 54.6 Å². The zero-order valence-electron chi connectivity index (χ0n) is 16.8. The second-order valence-electron chi connectivity index (χ2n) is 6.74. The van der Waals surface area contributed by atoms with E-state index in [2.05, 4.69) is 10.5 Å². The number of halogens is 1. The van der Waals surface area contributed by atoms with Crippen LogP contribution in [0.25, 0.3) is 11.3 Å². The van der Waals surface area contributed by atoms with Crippen molar-refractivity contribution in [2.45, 2.75) is 9.79 Å². The molecule has 0 bridgehead atoms. The number of ether oxygens (including phenoxy) is 1. The summed E-state index contributed by atoms with van der Waals surface area (Å²) in [5.41, 5.74) is 1.25. The van der Waals surface area contributed by atoms with Crippen molar-refractivity contribution in [3.8, 4) is 17.1 Å². The number of benzene rings is 3. The Morgan fingerprint density at radius 1 is 0.938 bits per heavy atom. The predicted molar refractivity (Wildman–Crippen MR) is 120 cm³/mol. The van der Waals surface area contributed by atoms with Gasteiger partial charge in [0.1, 0.15) is 5.75 Å². The van der Waals surface area contributed by atoms with Crippen LogP contribution in [0.1, 0.15) is 10.5 Å². The maximum atomic E-state index is 12.7. The molecular formula is C23H17ClN2O5S. The van der Waals surface area contributed by atoms with Crippen molar-refractivity contribution < 1.29 is 22.5 Å². The Hall–Kier alpha value is -3.62. The van der Waals surface area contributed by atoms with Crippen LogP contribution in [0.15, 0.2) is 93.2 Å². The third kappa shape index (κ3) is 4.51. The van der Waals surface area contributed by atoms with Crippen molar-refractivity contribution >= 4 is 33.0 Å². The van der Waals surface area contributed by atoms with Crippen molar-refractivity contribution in [3.05, 3.63) is 89.6 Å². The lowest BCUT2D eigenvalue weighted by Crippen LogP contribution is -2.12. The maximum Gasteiger partial charge on any atom is 0.277 e. The van der Waals surface area contributed by atoms with Crippen LogP contribution in [0.5, 0.6) is 5.75 Å². The molecule has 0 saturated carbocycles. The molecule has 0 aliphatic carbocycles. The number of anilines is 1. The largest absolute Gasteiger partial charge is 0.497 e. The van der Waals surface area contributed by atoms with Crippen molar-refractivity contribution in [2.24, 2.45) is 0 Å². The minimum atomic E-state index is -3.69. The molecular weight excluding hydrogens is 452 g/mol. The molecule has 4 rings (SSSR count). The van der Waals surface area contributed by atoms with Gasteiger partial charge in [-0.2, -0.15) is 0 Å². The lowest BCUT2D eigenvalue weighted by atomic mass is 10.1. The second-order valence-corrected chi connectivity index (χ2v) is 9.13. The summed E-state index contributed by atoms with van der Waals surface area (Å²) in [4.78, 5) is 12.7. The number of hydrogen-bond acceptors (Lipinski definition) is 6. The second kappa shape index (κ2) is 8.86. The Labute approximate surface area is 189 Å². The van der Waals surface area contributed by atoms with Gasteiger partial charge in [0.25, 0.3) is 5.91 Å². The number of methoxy groups -OCH3 is 1. The highest BCUT2D eigenvalue weighted by Crippen LogP contribution is 2.25. The molecule has 1 N–H and O–H groups in total. The quantitative estimate of drug-likeness (QED) is 0.423. The van der Waals surface area contributed by atoms with E-state index in [0.29, 0.717) is 22.2 Å². The van der Waals surface area contributed by atoms with Gasteiger partial charge in [0.05, 0.1) is 16.9 Å². The van der Waals surface area contributed by atoms with Crippen molar-refractivity contribution in [1.29, 1.82) is 0 Å². The Kier molecular flexibility index (Phi) is 5.98. The van der Waals surface area contributed by atoms with E-state index in [-0.39, 0.29) is 15.5 Å². The van der Waals surface area contributed by atoms with Crippen molar-refractivity contribution in [3.63, 3.8) is 0 Å². The molecule has 1 amide bonds. The fourth-order valence-corrected chi connectivity index (χ4v) is 4.32. The standard InChI is InChI=1S/C23H17ClN2O5S/c1-30-18-8-2-15(3-9-18)22-14-21(26-31-22)23(27)25-17-6-12-20(13-7-17)32(28,29)19-10-4-16(24)5-11-19/h2-14H,1H3,(H,25,27). The van der Waals surface area contributed by atoms with E-state index in [1.807, 2.05) is 0 Å². The molecule has 0 radical (unpaired) electrons. The summed E-state index contributed by atoms with van der Waals surface area (Å²) in [5.74, 6) is 0.650. The maximum absolute atomic E-state index is 12.7. The number of nitrogens with zero attached hydrogens (tertiary/aromatic N) is 1. The zero-order chi connectivity index (χ0) is 22.7. The van der Waals surface area contributed by atoms with E-state index >= 15 is 0 Å². The van der Waals surface area contributed by atoms with Crippen LogP contribution in [0, 0.1) is 0 Å². The molecule has 0 spiro atoms. The van der Waals surface area contributed by atoms with Gasteiger partial charge >= 0.3 is 0 Å². The Balaban J connectivity index is 1.47. The molecule has 4 aromatic rings. The molecule has 162 valence electrons. The third-order valence-electron chi connectivity index (χ3n) is 4.66. The number of aromatic nitrogens is 1. The fraction of sp³-hybridized carbons (Fsp3) is 0.0435. The number of carbonyl (C=O) groups is 1. The first-order valence-electron chi connectivity index (χ1n) is 9.40. The first-order chi connectivity index (χ1) is 15.4. The highest BCUT2D eigenvalue weighted by molar-refractivity contribution is 7.91. The van der Waals surface area contributed by atoms with Gasteiger partial charge in [0, 0.05) is 22.3 Å². The van der Waals surface area contributed by atoms with Gasteiger partial charge in [-0.1, -0.05) is 16.8 Å². The Morgan fingerprint density at radius 2 is 1.53 bits per heavy atom. The summed E-state index contributed by atoms with van der Waals surface area (Å²) in [6, 6.07) is 20.4. The van der Waals surface area contributed by atoms with E-state index < -0.39 is 15.7 Å². The molecule has 7 nitrogen and oxygen atoms in total. The van der Waals surface area contributed by atoms with E-state index in [9.17, 15) is 13.2 Å². The van der Waals surface area contributed by atoms with Crippen LogP contribution in [0.3, 0.4) is 0 Å². The first-order valence-corrected chi connectivity index (χ1v) is 11.3. The molecule has 1 aromatic heterocycles. The van der Waals surface area contributed by atoms with Crippen LogP contribution in [-0.2, 0) is 9.84 Å². The number of amides is 1. The number of nitrogens with one attached hydrogen (secondary N) is 1. The van der Waals surface area contributed by atoms with E-state index in [4.69, 9.17) is 20.9 Å². The van der Waals surface area contributed by atoms with Crippen molar-refractivity contribution in [2.75, 3.05) is 12.4 Å². The summed E-state index contributed by atoms with van der Waals surface area (Å²) >= 11 is 5.82.